The van der Waals surface area contributed by atoms with E-state index in [4.69, 9.17) is 41.2 Å². The van der Waals surface area contributed by atoms with E-state index in [2.05, 4.69) is 6.92 Å². The second-order valence-corrected chi connectivity index (χ2v) is 6.44. The van der Waals surface area contributed by atoms with Crippen molar-refractivity contribution in [2.45, 2.75) is 97.9 Å². The van der Waals surface area contributed by atoms with Crippen molar-refractivity contribution in [3.63, 3.8) is 0 Å². The van der Waals surface area contributed by atoms with Crippen LogP contribution in [-0.4, -0.2) is 51.6 Å². The first kappa shape index (κ1) is 39.5. The predicted octanol–water partition coefficient (Wildman–Crippen LogP) is 0.152. The van der Waals surface area contributed by atoms with E-state index in [1.54, 1.807) is 0 Å². The van der Waals surface area contributed by atoms with Crippen LogP contribution in [0.5, 0.6) is 0 Å². The van der Waals surface area contributed by atoms with Crippen LogP contribution in [0.2, 0.25) is 0 Å². The van der Waals surface area contributed by atoms with Gasteiger partial charge in [0.05, 0.1) is 6.04 Å². The molecule has 176 valence electrons. The molecule has 1 atom stereocenters. The summed E-state index contributed by atoms with van der Waals surface area (Å²) in [6.07, 6.45) is 12.0. The molecule has 0 heterocycles. The molecule has 0 aliphatic rings. The van der Waals surface area contributed by atoms with Gasteiger partial charge in [0.1, 0.15) is 0 Å². The zero-order valence-corrected chi connectivity index (χ0v) is 21.5. The number of carbonyl (C=O) groups excluding carboxylic acids is 1. The maximum Gasteiger partial charge on any atom is 1.00 e. The summed E-state index contributed by atoms with van der Waals surface area (Å²) in [5.74, 6) is -2.38. The molecule has 0 spiro atoms. The van der Waals surface area contributed by atoms with Crippen molar-refractivity contribution in [2.75, 3.05) is 6.54 Å². The van der Waals surface area contributed by atoms with Gasteiger partial charge < -0.3 is 28.2 Å². The molecule has 0 aromatic carbocycles. The van der Waals surface area contributed by atoms with Crippen molar-refractivity contribution in [3.05, 3.63) is 0 Å². The molecule has 9 nitrogen and oxygen atoms in total. The molecule has 0 rings (SSSR count). The van der Waals surface area contributed by atoms with Gasteiger partial charge in [-0.15, -0.1) is 0 Å². The Morgan fingerprint density at radius 2 is 1.00 bits per heavy atom. The van der Waals surface area contributed by atoms with E-state index in [1.807, 2.05) is 0 Å². The van der Waals surface area contributed by atoms with Crippen LogP contribution in [-0.2, 0) is 19.2 Å². The van der Waals surface area contributed by atoms with Gasteiger partial charge in [0.2, 0.25) is 0 Å². The third-order valence-corrected chi connectivity index (χ3v) is 3.19. The van der Waals surface area contributed by atoms with E-state index in [0.717, 1.165) is 33.6 Å². The Morgan fingerprint density at radius 1 is 0.733 bits per heavy atom. The topological polar surface area (TPSA) is 181 Å². The molecule has 0 saturated heterocycles. The van der Waals surface area contributed by atoms with Crippen LogP contribution in [0.1, 0.15) is 93.3 Å². The molecule has 7 N–H and O–H groups in total. The third kappa shape index (κ3) is 71.3. The first-order valence-corrected chi connectivity index (χ1v) is 9.99. The number of aliphatic carboxylic acids is 3. The normalized spacial score (nSPS) is 9.67. The van der Waals surface area contributed by atoms with Crippen LogP contribution in [0, 0.1) is 0 Å². The molecular weight excluding hydrogens is 403 g/mol. The average molecular weight is 447 g/mol. The van der Waals surface area contributed by atoms with Crippen molar-refractivity contribution >= 4 is 23.7 Å². The van der Waals surface area contributed by atoms with Gasteiger partial charge in [-0.25, -0.2) is 0 Å². The van der Waals surface area contributed by atoms with Crippen LogP contribution in [0.15, 0.2) is 0 Å². The Labute approximate surface area is 204 Å². The number of carboxylic acids is 3. The summed E-state index contributed by atoms with van der Waals surface area (Å²) in [5, 5.41) is 22.2. The Bertz CT molecular complexity index is 388. The zero-order chi connectivity index (χ0) is 23.7. The van der Waals surface area contributed by atoms with Gasteiger partial charge in [0.15, 0.2) is 5.78 Å². The fourth-order valence-corrected chi connectivity index (χ4v) is 1.93. The number of hydrogen-bond acceptors (Lipinski definition) is 6. The molecule has 0 fully saturated rings. The van der Waals surface area contributed by atoms with E-state index >= 15 is 0 Å². The van der Waals surface area contributed by atoms with Gasteiger partial charge >= 0.3 is 29.6 Å². The van der Waals surface area contributed by atoms with Gasteiger partial charge in [0, 0.05) is 33.7 Å². The van der Waals surface area contributed by atoms with Crippen molar-refractivity contribution < 1.29 is 65.5 Å². The summed E-state index contributed by atoms with van der Waals surface area (Å²) >= 11 is 0. The maximum atomic E-state index is 11.4. The number of hydrogen-bond donors (Lipinski definition) is 5. The summed E-state index contributed by atoms with van der Waals surface area (Å²) in [6.45, 7) is 5.76. The SMILES string of the molecule is CC(=O)O.CC(=O)O.CC(=O)O.CCCCCCCCCCCC(=O)C(N)CN.[H-].[Na+]. The van der Waals surface area contributed by atoms with Crippen LogP contribution >= 0.6 is 0 Å². The Kier molecular flexibility index (Phi) is 43.0. The monoisotopic (exact) mass is 446 g/mol. The van der Waals surface area contributed by atoms with Crippen LogP contribution < -0.4 is 41.0 Å². The van der Waals surface area contributed by atoms with Crippen LogP contribution in [0.3, 0.4) is 0 Å². The summed E-state index contributed by atoms with van der Waals surface area (Å²) in [7, 11) is 0. The molecule has 1 unspecified atom stereocenters. The fourth-order valence-electron chi connectivity index (χ4n) is 1.93. The second kappa shape index (κ2) is 32.7. The first-order valence-electron chi connectivity index (χ1n) is 9.99. The van der Waals surface area contributed by atoms with Crippen LogP contribution in [0.4, 0.5) is 0 Å². The number of rotatable bonds is 12. The molecule has 0 bridgehead atoms. The maximum absolute atomic E-state index is 11.4. The minimum Gasteiger partial charge on any atom is -1.00 e. The molecule has 0 amide bonds. The van der Waals surface area contributed by atoms with Crippen molar-refractivity contribution in [2.24, 2.45) is 11.5 Å². The van der Waals surface area contributed by atoms with Gasteiger partial charge in [-0.1, -0.05) is 58.3 Å². The van der Waals surface area contributed by atoms with Crippen molar-refractivity contribution in [3.8, 4) is 0 Å². The number of carbonyl (C=O) groups is 4. The average Bonchev–Trinajstić information content (AvgIpc) is 2.58. The number of unbranched alkanes of at least 4 members (excludes halogenated alkanes) is 8. The Balaban J connectivity index is -0.0000000923. The van der Waals surface area contributed by atoms with Gasteiger partial charge in [-0.05, 0) is 6.42 Å². The summed E-state index contributed by atoms with van der Waals surface area (Å²) < 4.78 is 0. The first-order chi connectivity index (χ1) is 13.4. The smallest absolute Gasteiger partial charge is 1.00 e. The van der Waals surface area contributed by atoms with E-state index in [1.165, 1.54) is 44.9 Å². The van der Waals surface area contributed by atoms with Gasteiger partial charge in [-0.3, -0.25) is 19.2 Å². The second-order valence-electron chi connectivity index (χ2n) is 6.44. The van der Waals surface area contributed by atoms with Crippen molar-refractivity contribution in [1.29, 1.82) is 0 Å². The molecule has 30 heavy (non-hydrogen) atoms. The molecular formula is C20H43N2NaO7. The standard InChI is InChI=1S/C14H30N2O.3C2H4O2.Na.H/c1-2-3-4-5-6-7-8-9-10-11-14(17)13(16)12-15;3*1-2(3)4;;/h13H,2-12,15-16H2,1H3;3*1H3,(H,3,4);;/q;;;;+1;-1. The van der Waals surface area contributed by atoms with E-state index < -0.39 is 23.9 Å². The molecule has 10 heteroatoms. The quantitative estimate of drug-likeness (QED) is 0.206. The molecule has 0 aliphatic heterocycles. The molecule has 0 aromatic heterocycles. The van der Waals surface area contributed by atoms with E-state index in [-0.39, 0.29) is 43.3 Å². The summed E-state index contributed by atoms with van der Waals surface area (Å²) in [5.41, 5.74) is 10.9. The summed E-state index contributed by atoms with van der Waals surface area (Å²) in [4.78, 5) is 38.4. The Hall–Kier alpha value is -1.000. The van der Waals surface area contributed by atoms with Crippen molar-refractivity contribution in [1.82, 2.24) is 0 Å². The number of nitrogens with two attached hydrogens (primary N) is 2. The minimum absolute atomic E-state index is 0. The number of carboxylic acid groups (broad SMARTS) is 3. The molecule has 0 saturated carbocycles. The third-order valence-electron chi connectivity index (χ3n) is 3.19. The number of ketones is 1. The van der Waals surface area contributed by atoms with Crippen LogP contribution in [0.25, 0.3) is 0 Å². The van der Waals surface area contributed by atoms with E-state index in [0.29, 0.717) is 6.42 Å². The fraction of sp³-hybridized carbons (Fsp3) is 0.800. The predicted molar refractivity (Wildman–Crippen MR) is 115 cm³/mol. The summed E-state index contributed by atoms with van der Waals surface area (Å²) in [6, 6.07) is -0.441. The Morgan fingerprint density at radius 3 is 1.27 bits per heavy atom. The van der Waals surface area contributed by atoms with Gasteiger partial charge in [0.25, 0.3) is 17.9 Å². The number of Topliss-reactive ketones (excluding diaryl/α,β-unsaturated/α-hetero) is 1. The van der Waals surface area contributed by atoms with E-state index in [9.17, 15) is 4.79 Å². The molecule has 0 aliphatic carbocycles. The van der Waals surface area contributed by atoms with Gasteiger partial charge in [-0.2, -0.15) is 0 Å². The zero-order valence-electron chi connectivity index (χ0n) is 20.5. The largest absolute Gasteiger partial charge is 1.00 e. The minimum atomic E-state index is -0.833. The molecule has 0 radical (unpaired) electrons. The molecule has 0 aromatic rings.